The van der Waals surface area contributed by atoms with Crippen LogP contribution in [-0.2, 0) is 23.7 Å². The van der Waals surface area contributed by atoms with Crippen LogP contribution in [-0.4, -0.2) is 44.8 Å². The molecule has 1 saturated heterocycles. The fourth-order valence-corrected chi connectivity index (χ4v) is 6.02. The van der Waals surface area contributed by atoms with Gasteiger partial charge in [-0.3, -0.25) is 0 Å². The largest absolute Gasteiger partial charge is 0.460 e. The maximum atomic E-state index is 12.2. The molecule has 0 amide bonds. The predicted octanol–water partition coefficient (Wildman–Crippen LogP) is 3.22. The highest BCUT2D eigenvalue weighted by Crippen LogP contribution is 2.64. The number of hydrogen-bond acceptors (Lipinski definition) is 5. The van der Waals surface area contributed by atoms with Gasteiger partial charge >= 0.3 is 5.97 Å². The highest BCUT2D eigenvalue weighted by atomic mass is 16.7. The molecule has 0 N–H and O–H groups in total. The summed E-state index contributed by atoms with van der Waals surface area (Å²) >= 11 is 0. The molecule has 2 saturated carbocycles. The van der Waals surface area contributed by atoms with Crippen LogP contribution in [0.5, 0.6) is 0 Å². The van der Waals surface area contributed by atoms with Crippen molar-refractivity contribution in [3.63, 3.8) is 0 Å². The predicted molar refractivity (Wildman–Crippen MR) is 91.9 cm³/mol. The third kappa shape index (κ3) is 2.94. The minimum Gasteiger partial charge on any atom is -0.460 e. The minimum atomic E-state index is -0.448. The van der Waals surface area contributed by atoms with Crippen molar-refractivity contribution in [1.29, 1.82) is 0 Å². The Kier molecular flexibility index (Phi) is 4.67. The van der Waals surface area contributed by atoms with Crippen LogP contribution in [0.2, 0.25) is 0 Å². The summed E-state index contributed by atoms with van der Waals surface area (Å²) in [6.45, 7) is 3.54. The topological polar surface area (TPSA) is 54.0 Å². The molecule has 0 aromatic carbocycles. The molecule has 4 aliphatic rings. The van der Waals surface area contributed by atoms with Crippen molar-refractivity contribution in [3.8, 4) is 0 Å². The number of ether oxygens (including phenoxy) is 4. The van der Waals surface area contributed by atoms with E-state index in [1.165, 1.54) is 25.5 Å². The molecular formula is C20H30O5. The van der Waals surface area contributed by atoms with Gasteiger partial charge in [0.15, 0.2) is 5.79 Å². The van der Waals surface area contributed by atoms with Crippen molar-refractivity contribution < 1.29 is 23.7 Å². The van der Waals surface area contributed by atoms with E-state index >= 15 is 0 Å². The van der Waals surface area contributed by atoms with Crippen LogP contribution in [0.15, 0.2) is 11.6 Å². The number of allylic oxidation sites excluding steroid dienone is 1. The normalized spacial score (nSPS) is 41.5. The molecule has 3 unspecified atom stereocenters. The monoisotopic (exact) mass is 350 g/mol. The van der Waals surface area contributed by atoms with Gasteiger partial charge in [-0.2, -0.15) is 0 Å². The van der Waals surface area contributed by atoms with Crippen molar-refractivity contribution in [2.24, 2.45) is 17.3 Å². The van der Waals surface area contributed by atoms with Gasteiger partial charge in [-0.25, -0.2) is 4.79 Å². The number of hydrogen-bond donors (Lipinski definition) is 0. The molecule has 5 heteroatoms. The van der Waals surface area contributed by atoms with Gasteiger partial charge in [-0.15, -0.1) is 0 Å². The lowest BCUT2D eigenvalue weighted by Gasteiger charge is -2.51. The highest BCUT2D eigenvalue weighted by molar-refractivity contribution is 5.70. The molecule has 4 atom stereocenters. The molecule has 0 aromatic rings. The van der Waals surface area contributed by atoms with E-state index in [2.05, 4.69) is 13.0 Å². The average Bonchev–Trinajstić information content (AvgIpc) is 3.19. The summed E-state index contributed by atoms with van der Waals surface area (Å²) in [5.41, 5.74) is 1.56. The molecule has 1 spiro atoms. The van der Waals surface area contributed by atoms with Gasteiger partial charge in [0.1, 0.15) is 12.7 Å². The van der Waals surface area contributed by atoms with Crippen LogP contribution in [0.25, 0.3) is 0 Å². The van der Waals surface area contributed by atoms with Gasteiger partial charge in [-0.05, 0) is 38.0 Å². The Balaban J connectivity index is 1.69. The van der Waals surface area contributed by atoms with Crippen LogP contribution in [0.3, 0.4) is 0 Å². The number of carbonyl (C=O) groups is 1. The molecule has 3 fully saturated rings. The van der Waals surface area contributed by atoms with E-state index in [9.17, 15) is 4.79 Å². The molecule has 25 heavy (non-hydrogen) atoms. The molecule has 0 aromatic heterocycles. The van der Waals surface area contributed by atoms with Crippen molar-refractivity contribution in [1.82, 2.24) is 0 Å². The molecular weight excluding hydrogens is 320 g/mol. The number of carbonyl (C=O) groups excluding carboxylic acids is 1. The molecule has 2 bridgehead atoms. The maximum Gasteiger partial charge on any atom is 0.332 e. The summed E-state index contributed by atoms with van der Waals surface area (Å²) in [5, 5.41) is 0. The second-order valence-corrected chi connectivity index (χ2v) is 8.32. The first kappa shape index (κ1) is 17.5. The minimum absolute atomic E-state index is 0.0138. The van der Waals surface area contributed by atoms with Gasteiger partial charge in [0.2, 0.25) is 0 Å². The molecule has 0 radical (unpaired) electrons. The summed E-state index contributed by atoms with van der Waals surface area (Å²) in [6, 6.07) is 0. The Labute approximate surface area is 150 Å². The van der Waals surface area contributed by atoms with E-state index in [4.69, 9.17) is 18.9 Å². The smallest absolute Gasteiger partial charge is 0.332 e. The third-order valence-corrected chi connectivity index (χ3v) is 6.92. The van der Waals surface area contributed by atoms with Crippen LogP contribution < -0.4 is 0 Å². The Morgan fingerprint density at radius 3 is 2.84 bits per heavy atom. The van der Waals surface area contributed by atoms with Crippen molar-refractivity contribution in [3.05, 3.63) is 11.6 Å². The van der Waals surface area contributed by atoms with Crippen LogP contribution in [0.4, 0.5) is 0 Å². The Bertz CT molecular complexity index is 550. The van der Waals surface area contributed by atoms with Crippen LogP contribution >= 0.6 is 0 Å². The van der Waals surface area contributed by atoms with E-state index in [1.807, 2.05) is 0 Å². The van der Waals surface area contributed by atoms with E-state index in [-0.39, 0.29) is 24.1 Å². The van der Waals surface area contributed by atoms with E-state index < -0.39 is 5.79 Å². The molecule has 1 heterocycles. The summed E-state index contributed by atoms with van der Waals surface area (Å²) in [4.78, 5) is 12.2. The number of rotatable bonds is 3. The zero-order valence-corrected chi connectivity index (χ0v) is 15.4. The second kappa shape index (κ2) is 6.67. The molecule has 1 aliphatic heterocycles. The van der Waals surface area contributed by atoms with Crippen LogP contribution in [0.1, 0.15) is 51.9 Å². The SMILES string of the molecule is COCC(=O)O[C@H]1C/C(C)=C\CC23CCCC1C2C1(CC3)OCCO1. The summed E-state index contributed by atoms with van der Waals surface area (Å²) in [6.07, 6.45) is 9.81. The van der Waals surface area contributed by atoms with Gasteiger partial charge in [0, 0.05) is 31.8 Å². The Morgan fingerprint density at radius 2 is 2.08 bits per heavy atom. The zero-order valence-electron chi connectivity index (χ0n) is 15.4. The quantitative estimate of drug-likeness (QED) is 0.578. The van der Waals surface area contributed by atoms with Gasteiger partial charge in [0.05, 0.1) is 13.2 Å². The first-order valence-corrected chi connectivity index (χ1v) is 9.71. The zero-order chi connectivity index (χ0) is 17.5. The maximum absolute atomic E-state index is 12.2. The second-order valence-electron chi connectivity index (χ2n) is 8.32. The fourth-order valence-electron chi connectivity index (χ4n) is 6.02. The van der Waals surface area contributed by atoms with Gasteiger partial charge < -0.3 is 18.9 Å². The number of esters is 1. The summed E-state index contributed by atoms with van der Waals surface area (Å²) in [5.74, 6) is -0.0899. The standard InChI is InChI=1S/C20H30O5/c1-14-5-7-19-6-3-4-15(16(12-14)25-17(21)13-22-2)18(19)20(9-8-19)23-10-11-24-20/h5,15-16,18H,3-4,6-13H2,1-2H3/b14-5-/t15?,16-,18?,19?/m0/s1. The first-order valence-electron chi connectivity index (χ1n) is 9.71. The lowest BCUT2D eigenvalue weighted by Crippen LogP contribution is -2.52. The molecule has 4 rings (SSSR count). The summed E-state index contributed by atoms with van der Waals surface area (Å²) < 4.78 is 23.3. The van der Waals surface area contributed by atoms with E-state index in [0.29, 0.717) is 25.0 Å². The van der Waals surface area contributed by atoms with Crippen molar-refractivity contribution in [2.75, 3.05) is 26.9 Å². The Hall–Kier alpha value is -0.910. The van der Waals surface area contributed by atoms with E-state index in [0.717, 1.165) is 32.1 Å². The van der Waals surface area contributed by atoms with Crippen LogP contribution in [0, 0.1) is 17.3 Å². The third-order valence-electron chi connectivity index (χ3n) is 6.92. The first-order chi connectivity index (χ1) is 12.1. The van der Waals surface area contributed by atoms with Gasteiger partial charge in [0.25, 0.3) is 0 Å². The van der Waals surface area contributed by atoms with Crippen molar-refractivity contribution >= 4 is 5.97 Å². The summed E-state index contributed by atoms with van der Waals surface area (Å²) in [7, 11) is 1.53. The van der Waals surface area contributed by atoms with E-state index in [1.54, 1.807) is 0 Å². The van der Waals surface area contributed by atoms with Crippen molar-refractivity contribution in [2.45, 2.75) is 63.8 Å². The molecule has 3 aliphatic carbocycles. The highest BCUT2D eigenvalue weighted by Gasteiger charge is 2.64. The average molecular weight is 350 g/mol. The lowest BCUT2D eigenvalue weighted by molar-refractivity contribution is -0.227. The Morgan fingerprint density at radius 1 is 1.28 bits per heavy atom. The lowest BCUT2D eigenvalue weighted by atomic mass is 9.58. The van der Waals surface area contributed by atoms with Gasteiger partial charge in [-0.1, -0.05) is 18.1 Å². The number of methoxy groups -OCH3 is 1. The molecule has 140 valence electrons. The molecule has 5 nitrogen and oxygen atoms in total. The fraction of sp³-hybridized carbons (Fsp3) is 0.850.